The normalized spacial score (nSPS) is 14.8. The number of nitriles is 1. The van der Waals surface area contributed by atoms with E-state index in [1.54, 1.807) is 30.4 Å². The van der Waals surface area contributed by atoms with Crippen molar-refractivity contribution in [3.05, 3.63) is 47.3 Å². The molecule has 0 amide bonds. The van der Waals surface area contributed by atoms with E-state index in [1.807, 2.05) is 6.07 Å². The molecule has 3 heterocycles. The Bertz CT molecular complexity index is 1020. The highest BCUT2D eigenvalue weighted by molar-refractivity contribution is 5.70. The third-order valence-corrected chi connectivity index (χ3v) is 3.38. The van der Waals surface area contributed by atoms with Gasteiger partial charge in [0.15, 0.2) is 28.6 Å². The summed E-state index contributed by atoms with van der Waals surface area (Å²) in [5.41, 5.74) is 1.06. The summed E-state index contributed by atoms with van der Waals surface area (Å²) in [6, 6.07) is 9.68. The van der Waals surface area contributed by atoms with Gasteiger partial charge in [0.2, 0.25) is 0 Å². The minimum absolute atomic E-state index is 0.0162. The van der Waals surface area contributed by atoms with Crippen LogP contribution in [0, 0.1) is 11.3 Å². The lowest BCUT2D eigenvalue weighted by Gasteiger charge is -2.04. The van der Waals surface area contributed by atoms with Crippen molar-refractivity contribution in [1.82, 2.24) is 15.4 Å². The van der Waals surface area contributed by atoms with Gasteiger partial charge in [-0.2, -0.15) is 15.6 Å². The first-order valence-electron chi connectivity index (χ1n) is 7.03. The largest absolute Gasteiger partial charge is 0.586 e. The van der Waals surface area contributed by atoms with E-state index in [0.717, 1.165) is 0 Å². The van der Waals surface area contributed by atoms with Crippen LogP contribution in [0.4, 0.5) is 8.78 Å². The van der Waals surface area contributed by atoms with E-state index < -0.39 is 6.29 Å². The molecule has 1 aromatic carbocycles. The van der Waals surface area contributed by atoms with Crippen LogP contribution in [-0.4, -0.2) is 21.7 Å². The van der Waals surface area contributed by atoms with Gasteiger partial charge in [-0.05, 0) is 35.9 Å². The lowest BCUT2D eigenvalue weighted by atomic mass is 10.2. The number of benzene rings is 1. The molecular weight excluding hydrogens is 334 g/mol. The lowest BCUT2D eigenvalue weighted by molar-refractivity contribution is -0.286. The van der Waals surface area contributed by atoms with Gasteiger partial charge >= 0.3 is 6.29 Å². The molecular formula is C16H8F2N4O3. The number of furan rings is 1. The summed E-state index contributed by atoms with van der Waals surface area (Å²) >= 11 is 0. The number of aromatic amines is 1. The molecule has 0 saturated carbocycles. The fourth-order valence-corrected chi connectivity index (χ4v) is 2.30. The summed E-state index contributed by atoms with van der Waals surface area (Å²) in [4.78, 5) is 0. The molecule has 0 bridgehead atoms. The second kappa shape index (κ2) is 5.45. The highest BCUT2D eigenvalue weighted by atomic mass is 19.3. The monoisotopic (exact) mass is 342 g/mol. The predicted octanol–water partition coefficient (Wildman–Crippen LogP) is 3.43. The summed E-state index contributed by atoms with van der Waals surface area (Å²) in [7, 11) is 0. The zero-order valence-corrected chi connectivity index (χ0v) is 12.4. The number of hydrogen-bond donors (Lipinski definition) is 1. The van der Waals surface area contributed by atoms with Crippen LogP contribution in [0.2, 0.25) is 0 Å². The maximum Gasteiger partial charge on any atom is 0.586 e. The number of H-pyrrole nitrogens is 1. The van der Waals surface area contributed by atoms with Crippen LogP contribution < -0.4 is 9.47 Å². The molecule has 0 saturated heterocycles. The quantitative estimate of drug-likeness (QED) is 0.783. The van der Waals surface area contributed by atoms with E-state index in [4.69, 9.17) is 9.68 Å². The Morgan fingerprint density at radius 2 is 1.92 bits per heavy atom. The number of hydrogen-bond acceptors (Lipinski definition) is 6. The van der Waals surface area contributed by atoms with Crippen molar-refractivity contribution >= 4 is 12.2 Å². The van der Waals surface area contributed by atoms with Crippen molar-refractivity contribution in [2.45, 2.75) is 6.29 Å². The van der Waals surface area contributed by atoms with Crippen LogP contribution in [0.5, 0.6) is 11.5 Å². The van der Waals surface area contributed by atoms with Crippen molar-refractivity contribution in [3.63, 3.8) is 0 Å². The topological polar surface area (TPSA) is 97.0 Å². The average molecular weight is 342 g/mol. The highest BCUT2D eigenvalue weighted by Gasteiger charge is 2.43. The van der Waals surface area contributed by atoms with E-state index in [2.05, 4.69) is 24.9 Å². The fourth-order valence-electron chi connectivity index (χ4n) is 2.30. The van der Waals surface area contributed by atoms with Crippen LogP contribution in [0.1, 0.15) is 17.0 Å². The summed E-state index contributed by atoms with van der Waals surface area (Å²) in [6.07, 6.45) is -0.335. The Hall–Kier alpha value is -3.67. The lowest BCUT2D eigenvalue weighted by Crippen LogP contribution is -2.25. The molecule has 1 N–H and O–H groups in total. The maximum atomic E-state index is 13.0. The summed E-state index contributed by atoms with van der Waals surface area (Å²) in [5.74, 6) is 0.825. The molecule has 2 aromatic heterocycles. The number of rotatable bonds is 3. The van der Waals surface area contributed by atoms with Crippen LogP contribution in [0.15, 0.2) is 34.7 Å². The van der Waals surface area contributed by atoms with Gasteiger partial charge < -0.3 is 13.9 Å². The van der Waals surface area contributed by atoms with Gasteiger partial charge in [-0.15, -0.1) is 13.9 Å². The number of nitrogens with one attached hydrogen (secondary N) is 1. The zero-order chi connectivity index (χ0) is 17.4. The van der Waals surface area contributed by atoms with E-state index in [0.29, 0.717) is 22.8 Å². The third-order valence-electron chi connectivity index (χ3n) is 3.38. The minimum atomic E-state index is -3.64. The SMILES string of the molecule is N#Cc1n[nH]nc1-c1ccc(/C=C/c2ccc3c(c2)OC(F)(F)O3)o1. The third kappa shape index (κ3) is 2.81. The van der Waals surface area contributed by atoms with E-state index in [-0.39, 0.29) is 17.2 Å². The number of ether oxygens (including phenoxy) is 2. The molecule has 9 heteroatoms. The van der Waals surface area contributed by atoms with Crippen molar-refractivity contribution in [1.29, 1.82) is 5.26 Å². The molecule has 1 aliphatic heterocycles. The second-order valence-corrected chi connectivity index (χ2v) is 5.04. The Morgan fingerprint density at radius 1 is 1.08 bits per heavy atom. The first-order chi connectivity index (χ1) is 12.0. The number of fused-ring (bicyclic) bond motifs is 1. The number of nitrogens with zero attached hydrogens (tertiary/aromatic N) is 3. The van der Waals surface area contributed by atoms with Gasteiger partial charge in [-0.25, -0.2) is 0 Å². The molecule has 3 aromatic rings. The predicted molar refractivity (Wildman–Crippen MR) is 80.4 cm³/mol. The van der Waals surface area contributed by atoms with Gasteiger partial charge in [0.05, 0.1) is 0 Å². The Labute approximate surface area is 139 Å². The average Bonchev–Trinajstić information content (AvgIpc) is 3.28. The highest BCUT2D eigenvalue weighted by Crippen LogP contribution is 2.41. The van der Waals surface area contributed by atoms with Gasteiger partial charge in [0.1, 0.15) is 11.8 Å². The molecule has 25 heavy (non-hydrogen) atoms. The molecule has 0 atom stereocenters. The van der Waals surface area contributed by atoms with Gasteiger partial charge in [0, 0.05) is 0 Å². The van der Waals surface area contributed by atoms with Gasteiger partial charge in [-0.3, -0.25) is 0 Å². The molecule has 1 aliphatic rings. The van der Waals surface area contributed by atoms with Gasteiger partial charge in [-0.1, -0.05) is 12.1 Å². The van der Waals surface area contributed by atoms with E-state index in [9.17, 15) is 8.78 Å². The molecule has 0 unspecified atom stereocenters. The number of halogens is 2. The van der Waals surface area contributed by atoms with Crippen LogP contribution in [0.25, 0.3) is 23.6 Å². The van der Waals surface area contributed by atoms with Crippen molar-refractivity contribution in [2.24, 2.45) is 0 Å². The molecule has 0 fully saturated rings. The van der Waals surface area contributed by atoms with E-state index >= 15 is 0 Å². The van der Waals surface area contributed by atoms with Crippen LogP contribution >= 0.6 is 0 Å². The maximum absolute atomic E-state index is 13.0. The standard InChI is InChI=1S/C16H8F2N4O3/c17-16(18)24-12-5-2-9(7-14(12)25-16)1-3-10-4-6-13(23-10)15-11(8-19)20-22-21-15/h1-7H,(H,20,21,22)/b3-1+. The van der Waals surface area contributed by atoms with Crippen LogP contribution in [0.3, 0.4) is 0 Å². The van der Waals surface area contributed by atoms with Crippen molar-refractivity contribution in [3.8, 4) is 29.0 Å². The number of alkyl halides is 2. The summed E-state index contributed by atoms with van der Waals surface area (Å²) < 4.78 is 40.3. The smallest absolute Gasteiger partial charge is 0.455 e. The zero-order valence-electron chi connectivity index (χ0n) is 12.4. The van der Waals surface area contributed by atoms with E-state index in [1.165, 1.54) is 12.1 Å². The van der Waals surface area contributed by atoms with Crippen molar-refractivity contribution in [2.75, 3.05) is 0 Å². The molecule has 124 valence electrons. The molecule has 0 radical (unpaired) electrons. The Balaban J connectivity index is 1.55. The first kappa shape index (κ1) is 14.9. The molecule has 4 rings (SSSR count). The number of aromatic nitrogens is 3. The summed E-state index contributed by atoms with van der Waals surface area (Å²) in [5, 5.41) is 18.9. The van der Waals surface area contributed by atoms with Crippen LogP contribution in [-0.2, 0) is 0 Å². The van der Waals surface area contributed by atoms with Crippen molar-refractivity contribution < 1.29 is 22.7 Å². The van der Waals surface area contributed by atoms with Gasteiger partial charge in [0.25, 0.3) is 0 Å². The summed E-state index contributed by atoms with van der Waals surface area (Å²) in [6.45, 7) is 0. The Kier molecular flexibility index (Phi) is 3.25. The molecule has 0 aliphatic carbocycles. The molecule has 7 nitrogen and oxygen atoms in total. The Morgan fingerprint density at radius 3 is 2.76 bits per heavy atom. The first-order valence-corrected chi connectivity index (χ1v) is 7.03. The minimum Gasteiger partial charge on any atom is -0.455 e. The molecule has 0 spiro atoms. The fraction of sp³-hybridized carbons (Fsp3) is 0.0625. The second-order valence-electron chi connectivity index (χ2n) is 5.04.